The average molecular weight is 425 g/mol. The predicted octanol–water partition coefficient (Wildman–Crippen LogP) is 3.01. The highest BCUT2D eigenvalue weighted by molar-refractivity contribution is 6.33. The van der Waals surface area contributed by atoms with Crippen molar-refractivity contribution in [2.24, 2.45) is 11.3 Å². The molecular formula is C20H29ClN4O4. The summed E-state index contributed by atoms with van der Waals surface area (Å²) in [5.74, 6) is -0.726. The van der Waals surface area contributed by atoms with Crippen molar-refractivity contribution in [3.8, 4) is 0 Å². The van der Waals surface area contributed by atoms with Crippen molar-refractivity contribution in [2.45, 2.75) is 46.1 Å². The third-order valence-electron chi connectivity index (χ3n) is 4.98. The van der Waals surface area contributed by atoms with Crippen LogP contribution in [0.5, 0.6) is 0 Å². The van der Waals surface area contributed by atoms with Crippen molar-refractivity contribution in [3.05, 3.63) is 29.3 Å². The van der Waals surface area contributed by atoms with Gasteiger partial charge in [-0.05, 0) is 36.3 Å². The summed E-state index contributed by atoms with van der Waals surface area (Å²) < 4.78 is 0. The molecule has 0 aliphatic heterocycles. The Morgan fingerprint density at radius 3 is 2.41 bits per heavy atom. The van der Waals surface area contributed by atoms with E-state index in [2.05, 4.69) is 10.6 Å². The SMILES string of the molecule is CC(C)(C)[C@H](NC(=O)Nc1ccccc1Cl)C(=O)N(CC(=O)NO)CC1CCC1. The third kappa shape index (κ3) is 6.61. The fourth-order valence-corrected chi connectivity index (χ4v) is 3.29. The van der Waals surface area contributed by atoms with Crippen LogP contribution < -0.4 is 16.1 Å². The quantitative estimate of drug-likeness (QED) is 0.398. The van der Waals surface area contributed by atoms with E-state index < -0.39 is 23.4 Å². The van der Waals surface area contributed by atoms with Gasteiger partial charge in [0.1, 0.15) is 12.6 Å². The van der Waals surface area contributed by atoms with E-state index in [1.807, 2.05) is 20.8 Å². The molecule has 1 aromatic rings. The molecule has 8 nitrogen and oxygen atoms in total. The van der Waals surface area contributed by atoms with Gasteiger partial charge in [0.2, 0.25) is 5.91 Å². The minimum Gasteiger partial charge on any atom is -0.331 e. The van der Waals surface area contributed by atoms with Gasteiger partial charge in [0.15, 0.2) is 0 Å². The topological polar surface area (TPSA) is 111 Å². The van der Waals surface area contributed by atoms with Crippen LogP contribution in [-0.4, -0.2) is 47.1 Å². The second-order valence-corrected chi connectivity index (χ2v) is 8.84. The number of nitrogens with one attached hydrogen (secondary N) is 3. The zero-order chi connectivity index (χ0) is 21.6. The van der Waals surface area contributed by atoms with E-state index in [1.54, 1.807) is 29.7 Å². The van der Waals surface area contributed by atoms with Crippen molar-refractivity contribution < 1.29 is 19.6 Å². The number of hydrogen-bond donors (Lipinski definition) is 4. The third-order valence-corrected chi connectivity index (χ3v) is 5.31. The lowest BCUT2D eigenvalue weighted by Gasteiger charge is -2.37. The van der Waals surface area contributed by atoms with E-state index in [-0.39, 0.29) is 12.5 Å². The van der Waals surface area contributed by atoms with Crippen molar-refractivity contribution in [1.82, 2.24) is 15.7 Å². The molecule has 0 unspecified atom stereocenters. The zero-order valence-electron chi connectivity index (χ0n) is 17.0. The Bertz CT molecular complexity index is 746. The summed E-state index contributed by atoms with van der Waals surface area (Å²) in [7, 11) is 0. The van der Waals surface area contributed by atoms with E-state index in [0.29, 0.717) is 23.2 Å². The van der Waals surface area contributed by atoms with Gasteiger partial charge < -0.3 is 15.5 Å². The Morgan fingerprint density at radius 1 is 1.24 bits per heavy atom. The fraction of sp³-hybridized carbons (Fsp3) is 0.550. The van der Waals surface area contributed by atoms with Crippen LogP contribution in [0, 0.1) is 11.3 Å². The van der Waals surface area contributed by atoms with Gasteiger partial charge in [-0.1, -0.05) is 50.9 Å². The second-order valence-electron chi connectivity index (χ2n) is 8.43. The van der Waals surface area contributed by atoms with E-state index in [9.17, 15) is 14.4 Å². The molecule has 1 fully saturated rings. The number of rotatable bonds is 7. The molecule has 2 rings (SSSR count). The first-order valence-electron chi connectivity index (χ1n) is 9.65. The number of carbonyl (C=O) groups excluding carboxylic acids is 3. The molecule has 1 aliphatic rings. The number of anilines is 1. The summed E-state index contributed by atoms with van der Waals surface area (Å²) in [6.45, 7) is 5.63. The van der Waals surface area contributed by atoms with Crippen molar-refractivity contribution in [1.29, 1.82) is 0 Å². The molecule has 0 heterocycles. The number of para-hydroxylation sites is 1. The van der Waals surface area contributed by atoms with Crippen molar-refractivity contribution in [2.75, 3.05) is 18.4 Å². The largest absolute Gasteiger partial charge is 0.331 e. The number of amides is 4. The lowest BCUT2D eigenvalue weighted by molar-refractivity contribution is -0.143. The summed E-state index contributed by atoms with van der Waals surface area (Å²) in [5.41, 5.74) is 1.39. The van der Waals surface area contributed by atoms with Crippen molar-refractivity contribution in [3.63, 3.8) is 0 Å². The smallest absolute Gasteiger partial charge is 0.319 e. The van der Waals surface area contributed by atoms with Gasteiger partial charge in [-0.15, -0.1) is 0 Å². The zero-order valence-corrected chi connectivity index (χ0v) is 17.8. The highest BCUT2D eigenvalue weighted by Gasteiger charge is 2.37. The van der Waals surface area contributed by atoms with Gasteiger partial charge in [0, 0.05) is 6.54 Å². The molecular weight excluding hydrogens is 396 g/mol. The van der Waals surface area contributed by atoms with Gasteiger partial charge in [-0.2, -0.15) is 0 Å². The number of urea groups is 1. The standard InChI is InChI=1S/C20H29ClN4O4/c1-20(2,3)17(23-19(28)22-15-10-5-4-9-14(15)21)18(27)25(12-16(26)24-29)11-13-7-6-8-13/h4-5,9-10,13,17,29H,6-8,11-12H2,1-3H3,(H,24,26)(H2,22,23,28)/t17-/m1/s1. The molecule has 0 aromatic heterocycles. The van der Waals surface area contributed by atoms with E-state index >= 15 is 0 Å². The number of hydrogen-bond acceptors (Lipinski definition) is 4. The molecule has 1 saturated carbocycles. The normalized spacial score (nSPS) is 15.1. The molecule has 29 heavy (non-hydrogen) atoms. The van der Waals surface area contributed by atoms with Crippen LogP contribution in [0.15, 0.2) is 24.3 Å². The van der Waals surface area contributed by atoms with Gasteiger partial charge in [0.25, 0.3) is 5.91 Å². The number of benzene rings is 1. The number of halogens is 1. The summed E-state index contributed by atoms with van der Waals surface area (Å²) in [6, 6.07) is 5.35. The monoisotopic (exact) mass is 424 g/mol. The molecule has 4 amide bonds. The van der Waals surface area contributed by atoms with Crippen LogP contribution in [0.1, 0.15) is 40.0 Å². The number of nitrogens with zero attached hydrogens (tertiary/aromatic N) is 1. The maximum atomic E-state index is 13.3. The average Bonchev–Trinajstić information content (AvgIpc) is 2.61. The second kappa shape index (κ2) is 9.93. The Hall–Kier alpha value is -2.32. The van der Waals surface area contributed by atoms with Crippen LogP contribution in [0.2, 0.25) is 5.02 Å². The van der Waals surface area contributed by atoms with Gasteiger partial charge in [-0.25, -0.2) is 10.3 Å². The molecule has 4 N–H and O–H groups in total. The first-order chi connectivity index (χ1) is 13.6. The molecule has 160 valence electrons. The molecule has 0 radical (unpaired) electrons. The van der Waals surface area contributed by atoms with Crippen LogP contribution in [0.3, 0.4) is 0 Å². The van der Waals surface area contributed by atoms with Gasteiger partial charge in [0.05, 0.1) is 10.7 Å². The minimum absolute atomic E-state index is 0.272. The fourth-order valence-electron chi connectivity index (χ4n) is 3.11. The van der Waals surface area contributed by atoms with Gasteiger partial charge >= 0.3 is 6.03 Å². The molecule has 0 bridgehead atoms. The Morgan fingerprint density at radius 2 is 1.90 bits per heavy atom. The Kier molecular flexibility index (Phi) is 7.87. The summed E-state index contributed by atoms with van der Waals surface area (Å²) in [6.07, 6.45) is 3.08. The van der Waals surface area contributed by atoms with Crippen molar-refractivity contribution >= 4 is 35.1 Å². The number of hydroxylamine groups is 1. The van der Waals surface area contributed by atoms with E-state index in [0.717, 1.165) is 19.3 Å². The van der Waals surface area contributed by atoms with Crippen LogP contribution in [0.25, 0.3) is 0 Å². The first-order valence-corrected chi connectivity index (χ1v) is 10.0. The molecule has 9 heteroatoms. The molecule has 1 aliphatic carbocycles. The summed E-state index contributed by atoms with van der Waals surface area (Å²) in [4.78, 5) is 38.9. The number of carbonyl (C=O) groups is 3. The lowest BCUT2D eigenvalue weighted by Crippen LogP contribution is -2.57. The van der Waals surface area contributed by atoms with Crippen LogP contribution >= 0.6 is 11.6 Å². The summed E-state index contributed by atoms with van der Waals surface area (Å²) >= 11 is 6.07. The molecule has 0 saturated heterocycles. The molecule has 1 atom stereocenters. The van der Waals surface area contributed by atoms with Crippen LogP contribution in [0.4, 0.5) is 10.5 Å². The van der Waals surface area contributed by atoms with E-state index in [4.69, 9.17) is 16.8 Å². The highest BCUT2D eigenvalue weighted by atomic mass is 35.5. The minimum atomic E-state index is -0.878. The predicted molar refractivity (Wildman–Crippen MR) is 111 cm³/mol. The highest BCUT2D eigenvalue weighted by Crippen LogP contribution is 2.29. The first kappa shape index (κ1) is 23.0. The molecule has 1 aromatic carbocycles. The molecule has 0 spiro atoms. The maximum absolute atomic E-state index is 13.3. The maximum Gasteiger partial charge on any atom is 0.319 e. The van der Waals surface area contributed by atoms with Gasteiger partial charge in [-0.3, -0.25) is 14.8 Å². The van der Waals surface area contributed by atoms with Crippen LogP contribution in [-0.2, 0) is 9.59 Å². The summed E-state index contributed by atoms with van der Waals surface area (Å²) in [5, 5.41) is 14.6. The Labute approximate surface area is 175 Å². The Balaban J connectivity index is 2.15. The van der Waals surface area contributed by atoms with E-state index in [1.165, 1.54) is 4.90 Å². The lowest BCUT2D eigenvalue weighted by atomic mass is 9.83.